The van der Waals surface area contributed by atoms with Gasteiger partial charge in [-0.15, -0.1) is 0 Å². The number of ether oxygens (including phenoxy) is 2. The third-order valence-electron chi connectivity index (χ3n) is 3.05. The van der Waals surface area contributed by atoms with Gasteiger partial charge in [-0.2, -0.15) is 0 Å². The first-order chi connectivity index (χ1) is 9.47. The van der Waals surface area contributed by atoms with E-state index in [-0.39, 0.29) is 11.3 Å². The number of unbranched alkanes of at least 4 members (excludes halogenated alkanes) is 1. The number of rotatable bonds is 7. The van der Waals surface area contributed by atoms with Gasteiger partial charge in [0.15, 0.2) is 15.1 Å². The summed E-state index contributed by atoms with van der Waals surface area (Å²) in [7, 11) is -1.04. The van der Waals surface area contributed by atoms with Crippen LogP contribution in [-0.2, 0) is 19.4 Å². The van der Waals surface area contributed by atoms with Crippen molar-refractivity contribution in [1.82, 2.24) is 0 Å². The maximum Gasteiger partial charge on any atom is 0.324 e. The molecule has 0 amide bonds. The van der Waals surface area contributed by atoms with Crippen molar-refractivity contribution in [3.63, 3.8) is 0 Å². The van der Waals surface area contributed by atoms with Gasteiger partial charge in [-0.25, -0.2) is 8.42 Å². The maximum atomic E-state index is 12.5. The fraction of sp³-hybridized carbons (Fsp3) is 0.500. The zero-order chi connectivity index (χ0) is 15.2. The summed E-state index contributed by atoms with van der Waals surface area (Å²) in [5.74, 6) is -0.151. The molecule has 0 fully saturated rings. The summed E-state index contributed by atoms with van der Waals surface area (Å²) < 4.78 is 34.6. The van der Waals surface area contributed by atoms with Gasteiger partial charge >= 0.3 is 5.97 Å². The highest BCUT2D eigenvalue weighted by atomic mass is 32.2. The Labute approximate surface area is 119 Å². The van der Waals surface area contributed by atoms with E-state index in [2.05, 4.69) is 4.74 Å². The molecular weight excluding hydrogens is 280 g/mol. The number of hydrogen-bond donors (Lipinski definition) is 0. The Balaban J connectivity index is 3.10. The highest BCUT2D eigenvalue weighted by Crippen LogP contribution is 2.23. The number of sulfone groups is 1. The highest BCUT2D eigenvalue weighted by molar-refractivity contribution is 7.92. The van der Waals surface area contributed by atoms with Crippen molar-refractivity contribution >= 4 is 15.8 Å². The Bertz CT molecular complexity index is 533. The summed E-state index contributed by atoms with van der Waals surface area (Å²) in [4.78, 5) is 11.8. The molecular formula is C14H20O5S. The van der Waals surface area contributed by atoms with Crippen molar-refractivity contribution in [3.05, 3.63) is 24.3 Å². The quantitative estimate of drug-likeness (QED) is 0.722. The van der Waals surface area contributed by atoms with Gasteiger partial charge in [0.2, 0.25) is 0 Å². The first kappa shape index (κ1) is 16.5. The van der Waals surface area contributed by atoms with E-state index in [0.29, 0.717) is 12.2 Å². The molecule has 0 aliphatic rings. The van der Waals surface area contributed by atoms with Crippen molar-refractivity contribution in [2.45, 2.75) is 36.3 Å². The van der Waals surface area contributed by atoms with Crippen LogP contribution < -0.4 is 4.74 Å². The Hall–Kier alpha value is -1.56. The van der Waals surface area contributed by atoms with Crippen LogP contribution in [0.5, 0.6) is 5.75 Å². The number of esters is 1. The van der Waals surface area contributed by atoms with E-state index in [1.165, 1.54) is 26.4 Å². The Morgan fingerprint density at radius 2 is 1.80 bits per heavy atom. The largest absolute Gasteiger partial charge is 0.497 e. The smallest absolute Gasteiger partial charge is 0.324 e. The fourth-order valence-corrected chi connectivity index (χ4v) is 3.52. The standard InChI is InChI=1S/C14H20O5S/c1-4-5-6-13(14(15)19-3)20(16,17)12-9-7-11(18-2)8-10-12/h7-10,13H,4-6H2,1-3H3. The average molecular weight is 300 g/mol. The molecule has 20 heavy (non-hydrogen) atoms. The number of carbonyl (C=O) groups excluding carboxylic acids is 1. The monoisotopic (exact) mass is 300 g/mol. The summed E-state index contributed by atoms with van der Waals surface area (Å²) in [5.41, 5.74) is 0. The first-order valence-electron chi connectivity index (χ1n) is 6.43. The highest BCUT2D eigenvalue weighted by Gasteiger charge is 2.34. The molecule has 1 atom stereocenters. The third-order valence-corrected chi connectivity index (χ3v) is 5.15. The van der Waals surface area contributed by atoms with Gasteiger partial charge in [0.1, 0.15) is 5.75 Å². The molecule has 0 bridgehead atoms. The Morgan fingerprint density at radius 3 is 2.25 bits per heavy atom. The summed E-state index contributed by atoms with van der Waals surface area (Å²) >= 11 is 0. The van der Waals surface area contributed by atoms with Crippen molar-refractivity contribution in [2.24, 2.45) is 0 Å². The molecule has 0 aliphatic carbocycles. The molecule has 0 saturated heterocycles. The van der Waals surface area contributed by atoms with Crippen molar-refractivity contribution in [1.29, 1.82) is 0 Å². The lowest BCUT2D eigenvalue weighted by Crippen LogP contribution is -2.31. The minimum atomic E-state index is -3.74. The fourth-order valence-electron chi connectivity index (χ4n) is 1.85. The second kappa shape index (κ2) is 7.28. The van der Waals surface area contributed by atoms with Gasteiger partial charge < -0.3 is 9.47 Å². The minimum absolute atomic E-state index is 0.102. The van der Waals surface area contributed by atoms with E-state index >= 15 is 0 Å². The number of hydrogen-bond acceptors (Lipinski definition) is 5. The molecule has 1 aromatic carbocycles. The van der Waals surface area contributed by atoms with Crippen LogP contribution in [0.25, 0.3) is 0 Å². The molecule has 0 heterocycles. The van der Waals surface area contributed by atoms with Crippen LogP contribution in [0, 0.1) is 0 Å². The van der Waals surface area contributed by atoms with E-state index in [1.54, 1.807) is 12.1 Å². The number of methoxy groups -OCH3 is 2. The molecule has 0 saturated carbocycles. The van der Waals surface area contributed by atoms with Crippen LogP contribution in [0.2, 0.25) is 0 Å². The van der Waals surface area contributed by atoms with Gasteiger partial charge in [-0.3, -0.25) is 4.79 Å². The summed E-state index contributed by atoms with van der Waals surface area (Å²) in [6, 6.07) is 5.99. The van der Waals surface area contributed by atoms with Crippen LogP contribution in [0.1, 0.15) is 26.2 Å². The zero-order valence-corrected chi connectivity index (χ0v) is 12.8. The normalized spacial score (nSPS) is 12.8. The second-order valence-electron chi connectivity index (χ2n) is 4.37. The molecule has 0 aliphatic heterocycles. The van der Waals surface area contributed by atoms with Crippen LogP contribution >= 0.6 is 0 Å². The SMILES string of the molecule is CCCCC(C(=O)OC)S(=O)(=O)c1ccc(OC)cc1. The average Bonchev–Trinajstić information content (AvgIpc) is 2.47. The molecule has 1 rings (SSSR count). The van der Waals surface area contributed by atoms with Crippen molar-refractivity contribution < 1.29 is 22.7 Å². The van der Waals surface area contributed by atoms with Crippen LogP contribution in [0.3, 0.4) is 0 Å². The third kappa shape index (κ3) is 3.72. The number of benzene rings is 1. The van der Waals surface area contributed by atoms with Crippen LogP contribution in [-0.4, -0.2) is 33.9 Å². The molecule has 0 spiro atoms. The van der Waals surface area contributed by atoms with E-state index in [0.717, 1.165) is 6.42 Å². The minimum Gasteiger partial charge on any atom is -0.497 e. The lowest BCUT2D eigenvalue weighted by atomic mass is 10.2. The summed E-state index contributed by atoms with van der Waals surface area (Å²) in [6.45, 7) is 1.94. The summed E-state index contributed by atoms with van der Waals surface area (Å²) in [6.07, 6.45) is 1.72. The molecule has 6 heteroatoms. The molecule has 112 valence electrons. The topological polar surface area (TPSA) is 69.7 Å². The van der Waals surface area contributed by atoms with Gasteiger partial charge in [0, 0.05) is 0 Å². The Kier molecular flexibility index (Phi) is 6.01. The Morgan fingerprint density at radius 1 is 1.20 bits per heavy atom. The van der Waals surface area contributed by atoms with E-state index in [1.807, 2.05) is 6.92 Å². The predicted molar refractivity (Wildman–Crippen MR) is 75.5 cm³/mol. The molecule has 1 unspecified atom stereocenters. The maximum absolute atomic E-state index is 12.5. The molecule has 5 nitrogen and oxygen atoms in total. The number of carbonyl (C=O) groups is 1. The van der Waals surface area contributed by atoms with Gasteiger partial charge in [-0.1, -0.05) is 19.8 Å². The molecule has 0 radical (unpaired) electrons. The van der Waals surface area contributed by atoms with E-state index in [9.17, 15) is 13.2 Å². The predicted octanol–water partition coefficient (Wildman–Crippen LogP) is 2.20. The van der Waals surface area contributed by atoms with Crippen LogP contribution in [0.4, 0.5) is 0 Å². The first-order valence-corrected chi connectivity index (χ1v) is 7.97. The summed E-state index contributed by atoms with van der Waals surface area (Å²) in [5, 5.41) is -1.15. The van der Waals surface area contributed by atoms with Crippen LogP contribution in [0.15, 0.2) is 29.2 Å². The molecule has 1 aromatic rings. The zero-order valence-electron chi connectivity index (χ0n) is 12.0. The molecule has 0 N–H and O–H groups in total. The van der Waals surface area contributed by atoms with Crippen molar-refractivity contribution in [3.8, 4) is 5.75 Å². The lowest BCUT2D eigenvalue weighted by Gasteiger charge is -2.15. The lowest BCUT2D eigenvalue weighted by molar-refractivity contribution is -0.140. The second-order valence-corrected chi connectivity index (χ2v) is 6.51. The van der Waals surface area contributed by atoms with Gasteiger partial charge in [0.25, 0.3) is 0 Å². The van der Waals surface area contributed by atoms with E-state index < -0.39 is 21.1 Å². The van der Waals surface area contributed by atoms with Gasteiger partial charge in [0.05, 0.1) is 19.1 Å². The van der Waals surface area contributed by atoms with Crippen molar-refractivity contribution in [2.75, 3.05) is 14.2 Å². The van der Waals surface area contributed by atoms with E-state index in [4.69, 9.17) is 4.74 Å². The molecule has 0 aromatic heterocycles. The van der Waals surface area contributed by atoms with Gasteiger partial charge in [-0.05, 0) is 30.7 Å².